The van der Waals surface area contributed by atoms with E-state index in [0.717, 1.165) is 24.3 Å². The molecule has 2 N–H and O–H groups in total. The molecule has 2 fully saturated rings. The van der Waals surface area contributed by atoms with E-state index in [2.05, 4.69) is 10.6 Å². The lowest BCUT2D eigenvalue weighted by Crippen LogP contribution is -2.44. The Balaban J connectivity index is 1.39. The van der Waals surface area contributed by atoms with E-state index in [1.807, 2.05) is 25.1 Å². The highest BCUT2D eigenvalue weighted by atomic mass is 16.5. The van der Waals surface area contributed by atoms with Gasteiger partial charge in [0.2, 0.25) is 5.91 Å². The lowest BCUT2D eigenvalue weighted by molar-refractivity contribution is -0.134. The zero-order chi connectivity index (χ0) is 22.6. The Morgan fingerprint density at radius 1 is 1.22 bits per heavy atom. The minimum atomic E-state index is -1.16. The maximum Gasteiger partial charge on any atom is 0.325 e. The first-order valence-corrected chi connectivity index (χ1v) is 10.9. The molecule has 2 aliphatic heterocycles. The van der Waals surface area contributed by atoms with Crippen LogP contribution in [0.1, 0.15) is 31.7 Å². The summed E-state index contributed by atoms with van der Waals surface area (Å²) in [7, 11) is 0. The fraction of sp³-hybridized carbons (Fsp3) is 0.375. The van der Waals surface area contributed by atoms with Crippen LogP contribution in [0.15, 0.2) is 54.6 Å². The summed E-state index contributed by atoms with van der Waals surface area (Å²) in [6.45, 7) is 2.67. The van der Waals surface area contributed by atoms with Crippen molar-refractivity contribution in [1.29, 1.82) is 0 Å². The second kappa shape index (κ2) is 9.40. The van der Waals surface area contributed by atoms with Gasteiger partial charge in [0.05, 0.1) is 6.10 Å². The highest BCUT2D eigenvalue weighted by molar-refractivity contribution is 6.10. The summed E-state index contributed by atoms with van der Waals surface area (Å²) in [5.41, 5.74) is 0.0610. The summed E-state index contributed by atoms with van der Waals surface area (Å²) in [5.74, 6) is -0.285. The van der Waals surface area contributed by atoms with Crippen LogP contribution in [0, 0.1) is 0 Å². The fourth-order valence-corrected chi connectivity index (χ4v) is 4.10. The molecule has 8 heteroatoms. The zero-order valence-corrected chi connectivity index (χ0v) is 18.0. The Morgan fingerprint density at radius 2 is 2.03 bits per heavy atom. The normalized spacial score (nSPS) is 22.7. The molecule has 0 bridgehead atoms. The van der Waals surface area contributed by atoms with E-state index in [0.29, 0.717) is 30.0 Å². The molecular formula is C24H27N3O5. The summed E-state index contributed by atoms with van der Waals surface area (Å²) in [6.07, 6.45) is 2.49. The van der Waals surface area contributed by atoms with E-state index in [-0.39, 0.29) is 12.6 Å². The van der Waals surface area contributed by atoms with Gasteiger partial charge in [-0.15, -0.1) is 0 Å². The molecule has 168 valence electrons. The van der Waals surface area contributed by atoms with Gasteiger partial charge in [-0.25, -0.2) is 4.79 Å². The van der Waals surface area contributed by atoms with Gasteiger partial charge in [-0.1, -0.05) is 43.3 Å². The van der Waals surface area contributed by atoms with Gasteiger partial charge in [-0.2, -0.15) is 0 Å². The highest BCUT2D eigenvalue weighted by Gasteiger charge is 2.51. The van der Waals surface area contributed by atoms with Crippen LogP contribution in [0.4, 0.5) is 10.5 Å². The fourth-order valence-electron chi connectivity index (χ4n) is 4.10. The average molecular weight is 437 g/mol. The quantitative estimate of drug-likeness (QED) is 0.619. The van der Waals surface area contributed by atoms with Crippen LogP contribution in [0.5, 0.6) is 5.75 Å². The molecule has 2 aromatic rings. The molecule has 2 heterocycles. The Morgan fingerprint density at radius 3 is 2.75 bits per heavy atom. The van der Waals surface area contributed by atoms with Crippen LogP contribution in [0.25, 0.3) is 0 Å². The minimum Gasteiger partial charge on any atom is -0.491 e. The molecule has 2 atom stereocenters. The molecule has 0 aromatic heterocycles. The predicted molar refractivity (Wildman–Crippen MR) is 118 cm³/mol. The molecule has 8 nitrogen and oxygen atoms in total. The van der Waals surface area contributed by atoms with Crippen molar-refractivity contribution in [3.63, 3.8) is 0 Å². The molecule has 2 saturated heterocycles. The van der Waals surface area contributed by atoms with Crippen molar-refractivity contribution in [3.05, 3.63) is 60.2 Å². The molecule has 0 spiro atoms. The molecule has 2 aromatic carbocycles. The number of nitrogens with zero attached hydrogens (tertiary/aromatic N) is 1. The number of imide groups is 1. The van der Waals surface area contributed by atoms with Gasteiger partial charge >= 0.3 is 6.03 Å². The van der Waals surface area contributed by atoms with E-state index in [4.69, 9.17) is 9.47 Å². The van der Waals surface area contributed by atoms with E-state index < -0.39 is 23.4 Å². The summed E-state index contributed by atoms with van der Waals surface area (Å²) in [5, 5.41) is 5.52. The van der Waals surface area contributed by atoms with E-state index in [1.165, 1.54) is 0 Å². The Hall–Kier alpha value is -3.39. The largest absolute Gasteiger partial charge is 0.491 e. The maximum atomic E-state index is 13.2. The minimum absolute atomic E-state index is 0.0939. The number of carbonyl (C=O) groups is 3. The molecule has 4 amide bonds. The third kappa shape index (κ3) is 4.45. The lowest BCUT2D eigenvalue weighted by Gasteiger charge is -2.25. The van der Waals surface area contributed by atoms with Gasteiger partial charge in [0.25, 0.3) is 5.91 Å². The van der Waals surface area contributed by atoms with Crippen molar-refractivity contribution < 1.29 is 23.9 Å². The molecule has 0 aliphatic carbocycles. The van der Waals surface area contributed by atoms with Gasteiger partial charge in [-0.05, 0) is 37.0 Å². The van der Waals surface area contributed by atoms with Crippen LogP contribution >= 0.6 is 0 Å². The Labute approximate surface area is 186 Å². The molecule has 2 aliphatic rings. The number of hydrogen-bond acceptors (Lipinski definition) is 5. The van der Waals surface area contributed by atoms with Crippen LogP contribution < -0.4 is 15.4 Å². The first kappa shape index (κ1) is 21.8. The lowest BCUT2D eigenvalue weighted by atomic mass is 9.87. The molecule has 0 radical (unpaired) electrons. The van der Waals surface area contributed by atoms with Crippen LogP contribution in [0.2, 0.25) is 0 Å². The maximum absolute atomic E-state index is 13.2. The highest BCUT2D eigenvalue weighted by Crippen LogP contribution is 2.32. The van der Waals surface area contributed by atoms with E-state index >= 15 is 0 Å². The Bertz CT molecular complexity index is 990. The van der Waals surface area contributed by atoms with E-state index in [1.54, 1.807) is 36.4 Å². The number of rotatable bonds is 8. The molecular weight excluding hydrogens is 410 g/mol. The third-order valence-corrected chi connectivity index (χ3v) is 5.85. The summed E-state index contributed by atoms with van der Waals surface area (Å²) >= 11 is 0. The molecule has 0 saturated carbocycles. The van der Waals surface area contributed by atoms with Gasteiger partial charge in [0.15, 0.2) is 0 Å². The zero-order valence-electron chi connectivity index (χ0n) is 18.0. The van der Waals surface area contributed by atoms with Gasteiger partial charge in [-0.3, -0.25) is 14.5 Å². The number of ether oxygens (including phenoxy) is 2. The van der Waals surface area contributed by atoms with Gasteiger partial charge in [0.1, 0.15) is 24.4 Å². The second-order valence-electron chi connectivity index (χ2n) is 7.97. The number of anilines is 1. The van der Waals surface area contributed by atoms with Crippen molar-refractivity contribution in [3.8, 4) is 5.75 Å². The average Bonchev–Trinajstić information content (AvgIpc) is 3.41. The first-order chi connectivity index (χ1) is 15.5. The number of urea groups is 1. The number of carbonyl (C=O) groups excluding carboxylic acids is 3. The predicted octanol–water partition coefficient (Wildman–Crippen LogP) is 3.04. The van der Waals surface area contributed by atoms with Crippen molar-refractivity contribution >= 4 is 23.5 Å². The second-order valence-corrected chi connectivity index (χ2v) is 7.97. The van der Waals surface area contributed by atoms with Crippen LogP contribution in [-0.2, 0) is 19.9 Å². The number of benzene rings is 2. The summed E-state index contributed by atoms with van der Waals surface area (Å²) < 4.78 is 11.3. The third-order valence-electron chi connectivity index (χ3n) is 5.85. The van der Waals surface area contributed by atoms with Crippen molar-refractivity contribution in [2.45, 2.75) is 37.8 Å². The monoisotopic (exact) mass is 437 g/mol. The SMILES string of the molecule is CCC1(c2ccccc2)NC(=O)N(CC(=O)Nc2cccc(OCC3CCCO3)c2)C1=O. The summed E-state index contributed by atoms with van der Waals surface area (Å²) in [6, 6.07) is 15.5. The number of hydrogen-bond donors (Lipinski definition) is 2. The number of nitrogens with one attached hydrogen (secondary N) is 2. The van der Waals surface area contributed by atoms with Crippen molar-refractivity contribution in [2.24, 2.45) is 0 Å². The van der Waals surface area contributed by atoms with Gasteiger partial charge in [0, 0.05) is 18.4 Å². The smallest absolute Gasteiger partial charge is 0.325 e. The van der Waals surface area contributed by atoms with Crippen molar-refractivity contribution in [2.75, 3.05) is 25.1 Å². The first-order valence-electron chi connectivity index (χ1n) is 10.9. The topological polar surface area (TPSA) is 97.0 Å². The van der Waals surface area contributed by atoms with E-state index in [9.17, 15) is 14.4 Å². The van der Waals surface area contributed by atoms with Crippen molar-refractivity contribution in [1.82, 2.24) is 10.2 Å². The summed E-state index contributed by atoms with van der Waals surface area (Å²) in [4.78, 5) is 39.3. The standard InChI is InChI=1S/C24H27N3O5/c1-2-24(17-8-4-3-5-9-17)22(29)27(23(30)26-24)15-21(28)25-18-10-6-11-19(14-18)32-16-20-12-7-13-31-20/h3-6,8-11,14,20H,2,7,12-13,15-16H2,1H3,(H,25,28)(H,26,30). The molecule has 2 unspecified atom stereocenters. The molecule has 32 heavy (non-hydrogen) atoms. The molecule has 4 rings (SSSR count). The Kier molecular flexibility index (Phi) is 6.41. The van der Waals surface area contributed by atoms with Crippen LogP contribution in [-0.4, -0.2) is 48.6 Å². The van der Waals surface area contributed by atoms with Crippen LogP contribution in [0.3, 0.4) is 0 Å². The van der Waals surface area contributed by atoms with Gasteiger partial charge < -0.3 is 20.1 Å². The number of amides is 4.